The molecule has 1 aromatic carbocycles. The highest BCUT2D eigenvalue weighted by molar-refractivity contribution is 9.10. The lowest BCUT2D eigenvalue weighted by Gasteiger charge is -2.17. The summed E-state index contributed by atoms with van der Waals surface area (Å²) < 4.78 is 16.4. The van der Waals surface area contributed by atoms with Crippen LogP contribution in [0.15, 0.2) is 22.7 Å². The van der Waals surface area contributed by atoms with E-state index < -0.39 is 0 Å². The van der Waals surface area contributed by atoms with Crippen molar-refractivity contribution < 1.29 is 14.2 Å². The van der Waals surface area contributed by atoms with E-state index in [1.54, 1.807) is 21.3 Å². The number of methoxy groups -OCH3 is 3. The summed E-state index contributed by atoms with van der Waals surface area (Å²) in [6, 6.07) is 5.96. The molecule has 0 saturated carbocycles. The smallest absolute Gasteiger partial charge is 0.173 e. The molecule has 1 rings (SSSR count). The first-order valence-electron chi connectivity index (χ1n) is 5.28. The zero-order chi connectivity index (χ0) is 12.7. The summed E-state index contributed by atoms with van der Waals surface area (Å²) in [5.41, 5.74) is 2.10. The van der Waals surface area contributed by atoms with E-state index in [0.717, 1.165) is 15.7 Å². The van der Waals surface area contributed by atoms with Gasteiger partial charge in [0, 0.05) is 37.1 Å². The Balaban J connectivity index is 2.72. The van der Waals surface area contributed by atoms with Crippen molar-refractivity contribution in [1.82, 2.24) is 0 Å². The molecule has 0 fully saturated rings. The van der Waals surface area contributed by atoms with Gasteiger partial charge in [-0.15, -0.1) is 0 Å². The maximum atomic E-state index is 5.18. The van der Waals surface area contributed by atoms with Gasteiger partial charge in [0.2, 0.25) is 0 Å². The quantitative estimate of drug-likeness (QED) is 0.786. The Morgan fingerprint density at radius 3 is 2.53 bits per heavy atom. The van der Waals surface area contributed by atoms with Crippen LogP contribution >= 0.6 is 15.9 Å². The van der Waals surface area contributed by atoms with Gasteiger partial charge in [0.15, 0.2) is 6.29 Å². The summed E-state index contributed by atoms with van der Waals surface area (Å²) in [7, 11) is 4.91. The molecule has 0 aliphatic rings. The molecule has 0 amide bonds. The molecule has 1 aromatic rings. The minimum Gasteiger partial charge on any atom is -0.380 e. The minimum absolute atomic E-state index is 0.260. The maximum Gasteiger partial charge on any atom is 0.173 e. The Morgan fingerprint density at radius 2 is 1.94 bits per heavy atom. The largest absolute Gasteiger partial charge is 0.380 e. The van der Waals surface area contributed by atoms with E-state index in [0.29, 0.717) is 13.2 Å². The van der Waals surface area contributed by atoms with Crippen LogP contribution in [0, 0.1) is 0 Å². The number of halogens is 1. The van der Waals surface area contributed by atoms with Gasteiger partial charge >= 0.3 is 0 Å². The molecule has 0 aromatic heterocycles. The summed E-state index contributed by atoms with van der Waals surface area (Å²) in [6.45, 7) is 1.13. The average Bonchev–Trinajstić information content (AvgIpc) is 2.34. The summed E-state index contributed by atoms with van der Waals surface area (Å²) in [5, 5.41) is 3.28. The molecule has 17 heavy (non-hydrogen) atoms. The Labute approximate surface area is 110 Å². The normalized spacial score (nSPS) is 10.9. The van der Waals surface area contributed by atoms with E-state index in [1.807, 2.05) is 18.2 Å². The van der Waals surface area contributed by atoms with E-state index in [-0.39, 0.29) is 6.29 Å². The SMILES string of the molecule is COCc1c(Br)cccc1NCC(OC)OC. The number of nitrogens with one attached hydrogen (secondary N) is 1. The zero-order valence-electron chi connectivity index (χ0n) is 10.3. The highest BCUT2D eigenvalue weighted by atomic mass is 79.9. The topological polar surface area (TPSA) is 39.7 Å². The molecule has 5 heteroatoms. The van der Waals surface area contributed by atoms with Crippen LogP contribution in [0.5, 0.6) is 0 Å². The number of ether oxygens (including phenoxy) is 3. The van der Waals surface area contributed by atoms with E-state index >= 15 is 0 Å². The summed E-state index contributed by atoms with van der Waals surface area (Å²) in [4.78, 5) is 0. The molecule has 1 N–H and O–H groups in total. The maximum absolute atomic E-state index is 5.18. The third-order valence-corrected chi connectivity index (χ3v) is 3.14. The van der Waals surface area contributed by atoms with Crippen LogP contribution in [0.2, 0.25) is 0 Å². The van der Waals surface area contributed by atoms with Gasteiger partial charge in [-0.25, -0.2) is 0 Å². The first-order chi connectivity index (χ1) is 8.22. The van der Waals surface area contributed by atoms with Gasteiger partial charge in [0.25, 0.3) is 0 Å². The molecule has 0 atom stereocenters. The highest BCUT2D eigenvalue weighted by Crippen LogP contribution is 2.25. The Hall–Kier alpha value is -0.620. The van der Waals surface area contributed by atoms with Crippen molar-refractivity contribution in [1.29, 1.82) is 0 Å². The molecular weight excluding hydrogens is 286 g/mol. The van der Waals surface area contributed by atoms with Gasteiger partial charge in [-0.1, -0.05) is 22.0 Å². The van der Waals surface area contributed by atoms with Crippen molar-refractivity contribution in [2.45, 2.75) is 12.9 Å². The first-order valence-corrected chi connectivity index (χ1v) is 6.08. The second kappa shape index (κ2) is 7.66. The fourth-order valence-electron chi connectivity index (χ4n) is 1.47. The van der Waals surface area contributed by atoms with Crippen LogP contribution in [-0.4, -0.2) is 34.2 Å². The average molecular weight is 304 g/mol. The second-order valence-electron chi connectivity index (χ2n) is 3.48. The number of anilines is 1. The Morgan fingerprint density at radius 1 is 1.24 bits per heavy atom. The van der Waals surface area contributed by atoms with E-state index in [2.05, 4.69) is 21.2 Å². The van der Waals surface area contributed by atoms with Crippen LogP contribution in [0.3, 0.4) is 0 Å². The highest BCUT2D eigenvalue weighted by Gasteiger charge is 2.09. The van der Waals surface area contributed by atoms with E-state index in [4.69, 9.17) is 14.2 Å². The Kier molecular flexibility index (Phi) is 6.50. The molecule has 0 aliphatic carbocycles. The third-order valence-electron chi connectivity index (χ3n) is 2.39. The number of hydrogen-bond acceptors (Lipinski definition) is 4. The van der Waals surface area contributed by atoms with Gasteiger partial charge in [-0.2, -0.15) is 0 Å². The lowest BCUT2D eigenvalue weighted by atomic mass is 10.2. The number of hydrogen-bond donors (Lipinski definition) is 1. The number of benzene rings is 1. The Bertz CT molecular complexity index is 343. The predicted molar refractivity (Wildman–Crippen MR) is 71.2 cm³/mol. The molecule has 0 bridgehead atoms. The summed E-state index contributed by atoms with van der Waals surface area (Å²) in [5.74, 6) is 0. The number of rotatable bonds is 7. The van der Waals surface area contributed by atoms with Gasteiger partial charge in [-0.05, 0) is 12.1 Å². The van der Waals surface area contributed by atoms with Crippen molar-refractivity contribution in [3.05, 3.63) is 28.2 Å². The van der Waals surface area contributed by atoms with Crippen LogP contribution in [-0.2, 0) is 20.8 Å². The summed E-state index contributed by atoms with van der Waals surface area (Å²) in [6.07, 6.45) is -0.260. The standard InChI is InChI=1S/C12H18BrNO3/c1-15-8-9-10(13)5-4-6-11(9)14-7-12(16-2)17-3/h4-6,12,14H,7-8H2,1-3H3. The van der Waals surface area contributed by atoms with Gasteiger partial charge in [0.05, 0.1) is 13.2 Å². The van der Waals surface area contributed by atoms with Crippen molar-refractivity contribution >= 4 is 21.6 Å². The van der Waals surface area contributed by atoms with Gasteiger partial charge < -0.3 is 19.5 Å². The molecular formula is C12H18BrNO3. The van der Waals surface area contributed by atoms with Crippen LogP contribution in [0.1, 0.15) is 5.56 Å². The van der Waals surface area contributed by atoms with Crippen LogP contribution < -0.4 is 5.32 Å². The van der Waals surface area contributed by atoms with Crippen molar-refractivity contribution in [3.63, 3.8) is 0 Å². The monoisotopic (exact) mass is 303 g/mol. The minimum atomic E-state index is -0.260. The molecule has 0 aliphatic heterocycles. The molecule has 96 valence electrons. The van der Waals surface area contributed by atoms with Gasteiger partial charge in [0.1, 0.15) is 0 Å². The molecule has 0 spiro atoms. The molecule has 0 radical (unpaired) electrons. The second-order valence-corrected chi connectivity index (χ2v) is 4.34. The molecule has 0 saturated heterocycles. The van der Waals surface area contributed by atoms with Crippen molar-refractivity contribution in [2.24, 2.45) is 0 Å². The van der Waals surface area contributed by atoms with Crippen molar-refractivity contribution in [3.8, 4) is 0 Å². The third kappa shape index (κ3) is 4.27. The van der Waals surface area contributed by atoms with E-state index in [9.17, 15) is 0 Å². The fraction of sp³-hybridized carbons (Fsp3) is 0.500. The predicted octanol–water partition coefficient (Wildman–Crippen LogP) is 2.63. The van der Waals surface area contributed by atoms with Crippen LogP contribution in [0.4, 0.5) is 5.69 Å². The lowest BCUT2D eigenvalue weighted by Crippen LogP contribution is -2.24. The van der Waals surface area contributed by atoms with Crippen LogP contribution in [0.25, 0.3) is 0 Å². The zero-order valence-corrected chi connectivity index (χ0v) is 11.9. The lowest BCUT2D eigenvalue weighted by molar-refractivity contribution is -0.0914. The fourth-order valence-corrected chi connectivity index (χ4v) is 1.95. The van der Waals surface area contributed by atoms with Gasteiger partial charge in [-0.3, -0.25) is 0 Å². The molecule has 0 heterocycles. The molecule has 0 unspecified atom stereocenters. The molecule has 4 nitrogen and oxygen atoms in total. The van der Waals surface area contributed by atoms with Crippen molar-refractivity contribution in [2.75, 3.05) is 33.2 Å². The summed E-state index contributed by atoms with van der Waals surface area (Å²) >= 11 is 3.51. The van der Waals surface area contributed by atoms with E-state index in [1.165, 1.54) is 0 Å². The first kappa shape index (κ1) is 14.4.